The van der Waals surface area contributed by atoms with E-state index in [2.05, 4.69) is 25.9 Å². The van der Waals surface area contributed by atoms with Gasteiger partial charge < -0.3 is 15.7 Å². The van der Waals surface area contributed by atoms with Crippen LogP contribution in [0.2, 0.25) is 0 Å². The van der Waals surface area contributed by atoms with E-state index in [4.69, 9.17) is 5.73 Å². The summed E-state index contributed by atoms with van der Waals surface area (Å²) in [6.07, 6.45) is 2.64. The fourth-order valence-electron chi connectivity index (χ4n) is 5.23. The van der Waals surface area contributed by atoms with Crippen molar-refractivity contribution in [2.24, 2.45) is 23.0 Å². The molecule has 3 N–H and O–H groups in total. The van der Waals surface area contributed by atoms with Crippen molar-refractivity contribution < 1.29 is 19.5 Å². The standard InChI is InChI=1S/C24H32N4O4/c1-24(2,3)11-14(13-29)8-20(30)19-10-15-9-18(15)28(19)21(31)12-27-17-7-5-4-6-16(17)22(26-27)23(25)32/h4-7,14-15,18-19,29H,8-13H2,1-3H3,(H2,25,32)/t14-,15+,18+,19-/m0/s1. The zero-order valence-corrected chi connectivity index (χ0v) is 19.0. The number of carbonyl (C=O) groups is 3. The number of aliphatic hydroxyl groups excluding tert-OH is 1. The molecule has 2 amide bonds. The van der Waals surface area contributed by atoms with Crippen LogP contribution in [0.4, 0.5) is 0 Å². The van der Waals surface area contributed by atoms with E-state index in [-0.39, 0.29) is 54.3 Å². The zero-order valence-electron chi connectivity index (χ0n) is 19.0. The summed E-state index contributed by atoms with van der Waals surface area (Å²) in [5, 5.41) is 14.7. The molecule has 2 aromatic rings. The van der Waals surface area contributed by atoms with Gasteiger partial charge in [-0.2, -0.15) is 5.10 Å². The molecule has 8 heteroatoms. The Morgan fingerprint density at radius 2 is 1.94 bits per heavy atom. The van der Waals surface area contributed by atoms with Gasteiger partial charge >= 0.3 is 0 Å². The Balaban J connectivity index is 1.51. The SMILES string of the molecule is CC(C)(C)C[C@@H](CO)CC(=O)[C@@H]1C[C@H]2C[C@H]2N1C(=O)Cn1nc(C(N)=O)c2ccccc21. The number of likely N-dealkylation sites (tertiary alicyclic amines) is 1. The zero-order chi connectivity index (χ0) is 23.2. The van der Waals surface area contributed by atoms with E-state index in [0.29, 0.717) is 23.2 Å². The minimum absolute atomic E-state index is 0.0142. The lowest BCUT2D eigenvalue weighted by molar-refractivity contribution is -0.140. The summed E-state index contributed by atoms with van der Waals surface area (Å²) in [4.78, 5) is 40.0. The summed E-state index contributed by atoms with van der Waals surface area (Å²) in [5.41, 5.74) is 6.28. The Hall–Kier alpha value is -2.74. The number of rotatable bonds is 8. The van der Waals surface area contributed by atoms with Gasteiger partial charge in [0.25, 0.3) is 5.91 Å². The number of hydrogen-bond donors (Lipinski definition) is 2. The van der Waals surface area contributed by atoms with Crippen LogP contribution in [0.5, 0.6) is 0 Å². The van der Waals surface area contributed by atoms with Gasteiger partial charge in [-0.25, -0.2) is 0 Å². The molecule has 2 heterocycles. The molecular weight excluding hydrogens is 408 g/mol. The maximum absolute atomic E-state index is 13.3. The molecule has 0 radical (unpaired) electrons. The number of nitrogens with zero attached hydrogens (tertiary/aromatic N) is 3. The molecule has 32 heavy (non-hydrogen) atoms. The Morgan fingerprint density at radius 3 is 2.59 bits per heavy atom. The summed E-state index contributed by atoms with van der Waals surface area (Å²) < 4.78 is 1.51. The molecule has 1 saturated carbocycles. The van der Waals surface area contributed by atoms with Crippen molar-refractivity contribution in [1.29, 1.82) is 0 Å². The Morgan fingerprint density at radius 1 is 1.22 bits per heavy atom. The highest BCUT2D eigenvalue weighted by Gasteiger charge is 2.55. The number of fused-ring (bicyclic) bond motifs is 2. The molecule has 0 bridgehead atoms. The topological polar surface area (TPSA) is 119 Å². The molecule has 1 aliphatic carbocycles. The number of carbonyl (C=O) groups excluding carboxylic acids is 3. The highest BCUT2D eigenvalue weighted by molar-refractivity contribution is 6.04. The molecule has 2 aliphatic rings. The van der Waals surface area contributed by atoms with Crippen LogP contribution in [-0.2, 0) is 16.1 Å². The average Bonchev–Trinajstić information content (AvgIpc) is 3.22. The number of nitrogens with two attached hydrogens (primary N) is 1. The number of aromatic nitrogens is 2. The Bertz CT molecular complexity index is 1050. The van der Waals surface area contributed by atoms with Gasteiger partial charge in [-0.1, -0.05) is 39.0 Å². The third kappa shape index (κ3) is 4.41. The molecule has 2 fully saturated rings. The van der Waals surface area contributed by atoms with E-state index in [1.165, 1.54) is 4.68 Å². The molecule has 4 rings (SSSR count). The number of hydrogen-bond acceptors (Lipinski definition) is 5. The van der Waals surface area contributed by atoms with Crippen LogP contribution in [0.25, 0.3) is 10.9 Å². The lowest BCUT2D eigenvalue weighted by atomic mass is 9.82. The molecule has 8 nitrogen and oxygen atoms in total. The van der Waals surface area contributed by atoms with E-state index >= 15 is 0 Å². The molecule has 1 aliphatic heterocycles. The summed E-state index contributed by atoms with van der Waals surface area (Å²) in [5.74, 6) is -0.521. The molecule has 172 valence electrons. The number of amides is 2. The first-order valence-corrected chi connectivity index (χ1v) is 11.3. The second kappa shape index (κ2) is 8.31. The lowest BCUT2D eigenvalue weighted by Gasteiger charge is -2.29. The smallest absolute Gasteiger partial charge is 0.269 e. The van der Waals surface area contributed by atoms with E-state index in [0.717, 1.165) is 12.8 Å². The molecule has 0 unspecified atom stereocenters. The van der Waals surface area contributed by atoms with Gasteiger partial charge in [-0.3, -0.25) is 19.1 Å². The van der Waals surface area contributed by atoms with Crippen molar-refractivity contribution in [3.63, 3.8) is 0 Å². The average molecular weight is 441 g/mol. The fraction of sp³-hybridized carbons (Fsp3) is 0.583. The monoisotopic (exact) mass is 440 g/mol. The van der Waals surface area contributed by atoms with Crippen LogP contribution < -0.4 is 5.73 Å². The van der Waals surface area contributed by atoms with Crippen molar-refractivity contribution in [2.75, 3.05) is 6.61 Å². The minimum Gasteiger partial charge on any atom is -0.396 e. The third-order valence-corrected chi connectivity index (χ3v) is 6.59. The first-order chi connectivity index (χ1) is 15.1. The Labute approximate surface area is 187 Å². The number of aliphatic hydroxyl groups is 1. The third-order valence-electron chi connectivity index (χ3n) is 6.59. The lowest BCUT2D eigenvalue weighted by Crippen LogP contribution is -2.45. The van der Waals surface area contributed by atoms with Crippen LogP contribution in [0.15, 0.2) is 24.3 Å². The van der Waals surface area contributed by atoms with Crippen molar-refractivity contribution in [2.45, 2.75) is 65.1 Å². The number of para-hydroxylation sites is 1. The molecule has 1 saturated heterocycles. The van der Waals surface area contributed by atoms with Crippen molar-refractivity contribution in [3.8, 4) is 0 Å². The number of Topliss-reactive ketones (excluding diaryl/α,β-unsaturated/α-hetero) is 1. The van der Waals surface area contributed by atoms with E-state index in [1.54, 1.807) is 23.1 Å². The van der Waals surface area contributed by atoms with Crippen molar-refractivity contribution in [1.82, 2.24) is 14.7 Å². The first-order valence-electron chi connectivity index (χ1n) is 11.3. The van der Waals surface area contributed by atoms with Gasteiger partial charge in [0.2, 0.25) is 5.91 Å². The van der Waals surface area contributed by atoms with Gasteiger partial charge in [0.1, 0.15) is 6.54 Å². The molecule has 1 aromatic carbocycles. The van der Waals surface area contributed by atoms with E-state index in [9.17, 15) is 19.5 Å². The maximum atomic E-state index is 13.3. The van der Waals surface area contributed by atoms with Gasteiger partial charge in [0, 0.05) is 24.5 Å². The predicted molar refractivity (Wildman–Crippen MR) is 120 cm³/mol. The summed E-state index contributed by atoms with van der Waals surface area (Å²) >= 11 is 0. The van der Waals surface area contributed by atoms with Crippen LogP contribution in [0, 0.1) is 17.3 Å². The Kier molecular flexibility index (Phi) is 5.83. The number of piperidine rings is 1. The normalized spacial score (nSPS) is 23.2. The molecule has 0 spiro atoms. The summed E-state index contributed by atoms with van der Waals surface area (Å²) in [6.45, 7) is 6.19. The van der Waals surface area contributed by atoms with Crippen LogP contribution >= 0.6 is 0 Å². The van der Waals surface area contributed by atoms with Crippen LogP contribution in [-0.4, -0.2) is 56.1 Å². The minimum atomic E-state index is -0.641. The largest absolute Gasteiger partial charge is 0.396 e. The van der Waals surface area contributed by atoms with Crippen LogP contribution in [0.1, 0.15) is 56.9 Å². The second-order valence-corrected chi connectivity index (χ2v) is 10.5. The summed E-state index contributed by atoms with van der Waals surface area (Å²) in [7, 11) is 0. The van der Waals surface area contributed by atoms with Gasteiger partial charge in [0.05, 0.1) is 11.6 Å². The highest BCUT2D eigenvalue weighted by atomic mass is 16.3. The second-order valence-electron chi connectivity index (χ2n) is 10.5. The van der Waals surface area contributed by atoms with Gasteiger partial charge in [-0.15, -0.1) is 0 Å². The number of benzene rings is 1. The van der Waals surface area contributed by atoms with Crippen molar-refractivity contribution in [3.05, 3.63) is 30.0 Å². The maximum Gasteiger partial charge on any atom is 0.269 e. The molecular formula is C24H32N4O4. The predicted octanol–water partition coefficient (Wildman–Crippen LogP) is 2.13. The van der Waals surface area contributed by atoms with Gasteiger partial charge in [-0.05, 0) is 42.6 Å². The number of primary amides is 1. The van der Waals surface area contributed by atoms with E-state index < -0.39 is 11.9 Å². The summed E-state index contributed by atoms with van der Waals surface area (Å²) in [6, 6.07) is 6.82. The fourth-order valence-corrected chi connectivity index (χ4v) is 5.23. The quantitative estimate of drug-likeness (QED) is 0.652. The molecule has 1 aromatic heterocycles. The first kappa shape index (κ1) is 22.5. The molecule has 4 atom stereocenters. The highest BCUT2D eigenvalue weighted by Crippen LogP contribution is 2.48. The van der Waals surface area contributed by atoms with Gasteiger partial charge in [0.15, 0.2) is 11.5 Å². The number of ketones is 1. The van der Waals surface area contributed by atoms with E-state index in [1.807, 2.05) is 6.07 Å². The van der Waals surface area contributed by atoms with Crippen LogP contribution in [0.3, 0.4) is 0 Å². The van der Waals surface area contributed by atoms with Crippen molar-refractivity contribution >= 4 is 28.5 Å².